The van der Waals surface area contributed by atoms with Gasteiger partial charge in [0.05, 0.1) is 19.9 Å². The van der Waals surface area contributed by atoms with Gasteiger partial charge >= 0.3 is 0 Å². The van der Waals surface area contributed by atoms with Crippen molar-refractivity contribution in [1.29, 1.82) is 0 Å². The number of nitrogens with zero attached hydrogens (tertiary/aromatic N) is 2. The Morgan fingerprint density at radius 2 is 1.96 bits per heavy atom. The molecule has 7 heteroatoms. The number of sulfonamides is 1. The van der Waals surface area contributed by atoms with Gasteiger partial charge in [0.15, 0.2) is 0 Å². The Labute approximate surface area is 157 Å². The predicted octanol–water partition coefficient (Wildman–Crippen LogP) is 2.29. The van der Waals surface area contributed by atoms with Crippen LogP contribution in [0.4, 0.5) is 0 Å². The summed E-state index contributed by atoms with van der Waals surface area (Å²) in [6.45, 7) is 3.02. The Morgan fingerprint density at radius 1 is 1.27 bits per heavy atom. The van der Waals surface area contributed by atoms with Crippen LogP contribution < -0.4 is 4.74 Å². The van der Waals surface area contributed by atoms with E-state index in [0.29, 0.717) is 13.0 Å². The Bertz CT molecular complexity index is 688. The summed E-state index contributed by atoms with van der Waals surface area (Å²) in [5.74, 6) is 0.677. The van der Waals surface area contributed by atoms with Gasteiger partial charge in [-0.1, -0.05) is 19.1 Å². The lowest BCUT2D eigenvalue weighted by Crippen LogP contribution is -2.49. The van der Waals surface area contributed by atoms with Crippen LogP contribution in [0.2, 0.25) is 0 Å². The molecular formula is C19H30N2O4S. The summed E-state index contributed by atoms with van der Waals surface area (Å²) in [5, 5.41) is 0. The van der Waals surface area contributed by atoms with Crippen molar-refractivity contribution in [3.05, 3.63) is 29.8 Å². The summed E-state index contributed by atoms with van der Waals surface area (Å²) >= 11 is 0. The first-order valence-corrected chi connectivity index (χ1v) is 11.1. The largest absolute Gasteiger partial charge is 0.497 e. The first kappa shape index (κ1) is 20.7. The number of hydrogen-bond acceptors (Lipinski definition) is 4. The molecule has 1 heterocycles. The van der Waals surface area contributed by atoms with Crippen LogP contribution >= 0.6 is 0 Å². The van der Waals surface area contributed by atoms with Gasteiger partial charge in [0.1, 0.15) is 5.75 Å². The second-order valence-electron chi connectivity index (χ2n) is 6.84. The van der Waals surface area contributed by atoms with Gasteiger partial charge in [-0.05, 0) is 49.8 Å². The molecule has 26 heavy (non-hydrogen) atoms. The van der Waals surface area contributed by atoms with Crippen LogP contribution in [0.1, 0.15) is 38.2 Å². The van der Waals surface area contributed by atoms with Crippen LogP contribution in [0.3, 0.4) is 0 Å². The number of ether oxygens (including phenoxy) is 1. The Hall–Kier alpha value is -1.60. The number of methoxy groups -OCH3 is 1. The number of hydrogen-bond donors (Lipinski definition) is 0. The van der Waals surface area contributed by atoms with Gasteiger partial charge in [0.25, 0.3) is 0 Å². The van der Waals surface area contributed by atoms with E-state index in [4.69, 9.17) is 4.74 Å². The first-order chi connectivity index (χ1) is 12.3. The Kier molecular flexibility index (Phi) is 7.46. The average molecular weight is 383 g/mol. The van der Waals surface area contributed by atoms with Crippen molar-refractivity contribution in [3.63, 3.8) is 0 Å². The molecule has 0 spiro atoms. The number of amides is 1. The zero-order chi connectivity index (χ0) is 19.2. The van der Waals surface area contributed by atoms with Crippen LogP contribution in [0, 0.1) is 0 Å². The van der Waals surface area contributed by atoms with Gasteiger partial charge in [0.2, 0.25) is 15.9 Å². The van der Waals surface area contributed by atoms with Gasteiger partial charge < -0.3 is 9.64 Å². The maximum absolute atomic E-state index is 12.7. The van der Waals surface area contributed by atoms with E-state index in [9.17, 15) is 13.2 Å². The summed E-state index contributed by atoms with van der Waals surface area (Å²) < 4.78 is 30.7. The van der Waals surface area contributed by atoms with Crippen LogP contribution in [-0.2, 0) is 21.2 Å². The van der Waals surface area contributed by atoms with Crippen LogP contribution in [0.25, 0.3) is 0 Å². The van der Waals surface area contributed by atoms with Crippen molar-refractivity contribution in [1.82, 2.24) is 9.21 Å². The highest BCUT2D eigenvalue weighted by Crippen LogP contribution is 2.20. The minimum atomic E-state index is -3.44. The number of carbonyl (C=O) groups excluding carboxylic acids is 1. The molecule has 0 N–H and O–H groups in total. The van der Waals surface area contributed by atoms with Crippen molar-refractivity contribution in [2.24, 2.45) is 0 Å². The zero-order valence-corrected chi connectivity index (χ0v) is 16.8. The van der Waals surface area contributed by atoms with Gasteiger partial charge in [-0.3, -0.25) is 4.79 Å². The van der Waals surface area contributed by atoms with Crippen molar-refractivity contribution in [2.75, 3.05) is 33.0 Å². The lowest BCUT2D eigenvalue weighted by atomic mass is 10.00. The maximum atomic E-state index is 12.7. The fourth-order valence-electron chi connectivity index (χ4n) is 3.40. The standard InChI is InChI=1S/C19H30N2O4S/c1-4-17-7-5-6-13-21(17)19(22)15-20(26(3,23)24)14-12-16-8-10-18(25-2)11-9-16/h8-11,17H,4-7,12-15H2,1-3H3. The summed E-state index contributed by atoms with van der Waals surface area (Å²) in [6.07, 6.45) is 5.77. The zero-order valence-electron chi connectivity index (χ0n) is 16.0. The molecule has 1 aromatic carbocycles. The molecule has 0 aromatic heterocycles. The third-order valence-corrected chi connectivity index (χ3v) is 6.26. The molecule has 1 saturated heterocycles. The van der Waals surface area contributed by atoms with Crippen LogP contribution in [-0.4, -0.2) is 62.6 Å². The summed E-state index contributed by atoms with van der Waals surface area (Å²) in [7, 11) is -1.84. The monoisotopic (exact) mass is 382 g/mol. The Balaban J connectivity index is 2.01. The van der Waals surface area contributed by atoms with E-state index in [1.165, 1.54) is 10.6 Å². The van der Waals surface area contributed by atoms with Crippen LogP contribution in [0.5, 0.6) is 5.75 Å². The minimum Gasteiger partial charge on any atom is -0.497 e. The van der Waals surface area contributed by atoms with Gasteiger partial charge in [-0.15, -0.1) is 0 Å². The van der Waals surface area contributed by atoms with Crippen molar-refractivity contribution < 1.29 is 17.9 Å². The smallest absolute Gasteiger partial charge is 0.238 e. The molecule has 2 rings (SSSR count). The molecule has 1 aromatic rings. The lowest BCUT2D eigenvalue weighted by molar-refractivity contribution is -0.135. The number of piperidine rings is 1. The quantitative estimate of drug-likeness (QED) is 0.692. The number of benzene rings is 1. The lowest BCUT2D eigenvalue weighted by Gasteiger charge is -2.36. The first-order valence-electron chi connectivity index (χ1n) is 9.22. The van der Waals surface area contributed by atoms with E-state index in [-0.39, 0.29) is 18.5 Å². The predicted molar refractivity (Wildman–Crippen MR) is 103 cm³/mol. The molecule has 1 fully saturated rings. The molecule has 0 saturated carbocycles. The van der Waals surface area contributed by atoms with Crippen molar-refractivity contribution in [2.45, 2.75) is 45.1 Å². The minimum absolute atomic E-state index is 0.0779. The molecule has 1 atom stereocenters. The number of carbonyl (C=O) groups is 1. The third-order valence-electron chi connectivity index (χ3n) is 5.01. The van der Waals surface area contributed by atoms with E-state index in [1.807, 2.05) is 29.2 Å². The molecule has 1 unspecified atom stereocenters. The summed E-state index contributed by atoms with van der Waals surface area (Å²) in [5.41, 5.74) is 1.01. The average Bonchev–Trinajstić information content (AvgIpc) is 2.64. The fraction of sp³-hybridized carbons (Fsp3) is 0.632. The van der Waals surface area contributed by atoms with Crippen LogP contribution in [0.15, 0.2) is 24.3 Å². The van der Waals surface area contributed by atoms with E-state index in [0.717, 1.165) is 43.5 Å². The van der Waals surface area contributed by atoms with Gasteiger partial charge in [-0.2, -0.15) is 4.31 Å². The van der Waals surface area contributed by atoms with E-state index in [1.54, 1.807) is 7.11 Å². The molecule has 0 bridgehead atoms. The molecule has 1 amide bonds. The summed E-state index contributed by atoms with van der Waals surface area (Å²) in [6, 6.07) is 7.77. The molecular weight excluding hydrogens is 352 g/mol. The second kappa shape index (κ2) is 9.37. The topological polar surface area (TPSA) is 66.9 Å². The number of likely N-dealkylation sites (tertiary alicyclic amines) is 1. The van der Waals surface area contributed by atoms with Crippen molar-refractivity contribution >= 4 is 15.9 Å². The molecule has 146 valence electrons. The van der Waals surface area contributed by atoms with E-state index in [2.05, 4.69) is 6.92 Å². The fourth-order valence-corrected chi connectivity index (χ4v) is 4.17. The maximum Gasteiger partial charge on any atom is 0.238 e. The third kappa shape index (κ3) is 5.71. The summed E-state index contributed by atoms with van der Waals surface area (Å²) in [4.78, 5) is 14.6. The van der Waals surface area contributed by atoms with Crippen molar-refractivity contribution in [3.8, 4) is 5.75 Å². The highest BCUT2D eigenvalue weighted by molar-refractivity contribution is 7.88. The highest BCUT2D eigenvalue weighted by Gasteiger charge is 2.28. The normalized spacial score (nSPS) is 18.2. The molecule has 6 nitrogen and oxygen atoms in total. The SMILES string of the molecule is CCC1CCCCN1C(=O)CN(CCc1ccc(OC)cc1)S(C)(=O)=O. The van der Waals surface area contributed by atoms with Gasteiger partial charge in [-0.25, -0.2) is 8.42 Å². The molecule has 0 aliphatic carbocycles. The second-order valence-corrected chi connectivity index (χ2v) is 8.82. The molecule has 0 radical (unpaired) electrons. The van der Waals surface area contributed by atoms with Gasteiger partial charge in [0, 0.05) is 19.1 Å². The van der Waals surface area contributed by atoms with E-state index < -0.39 is 10.0 Å². The Morgan fingerprint density at radius 3 is 2.54 bits per heavy atom. The van der Waals surface area contributed by atoms with E-state index >= 15 is 0 Å². The highest BCUT2D eigenvalue weighted by atomic mass is 32.2. The molecule has 1 aliphatic rings. The number of rotatable bonds is 8. The molecule has 1 aliphatic heterocycles.